The Balaban J connectivity index is 1.87. The van der Waals surface area contributed by atoms with Crippen LogP contribution in [-0.4, -0.2) is 0 Å². The van der Waals surface area contributed by atoms with Gasteiger partial charge in [0.1, 0.15) is 23.0 Å². The molecule has 4 aromatic carbocycles. The van der Waals surface area contributed by atoms with E-state index in [0.29, 0.717) is 0 Å². The Kier molecular flexibility index (Phi) is 3.71. The first-order valence-electron chi connectivity index (χ1n) is 9.34. The van der Waals surface area contributed by atoms with Crippen LogP contribution in [0.2, 0.25) is 0 Å². The Hall–Kier alpha value is -2.56. The molecule has 0 atom stereocenters. The predicted octanol–water partition coefficient (Wildman–Crippen LogP) is 7.81. The highest BCUT2D eigenvalue weighted by molar-refractivity contribution is 9.10. The second-order valence-corrected chi connectivity index (χ2v) is 8.89. The first kappa shape index (κ1) is 17.3. The van der Waals surface area contributed by atoms with Gasteiger partial charge in [-0.15, -0.1) is 0 Å². The molecule has 2 aliphatic rings. The minimum Gasteiger partial charge on any atom is -0.455 e. The van der Waals surface area contributed by atoms with Crippen LogP contribution >= 0.6 is 31.9 Å². The lowest BCUT2D eigenvalue weighted by Crippen LogP contribution is -2.37. The third-order valence-corrected chi connectivity index (χ3v) is 7.00. The third kappa shape index (κ3) is 2.21. The summed E-state index contributed by atoms with van der Waals surface area (Å²) in [5, 5.41) is 0. The summed E-state index contributed by atoms with van der Waals surface area (Å²) in [7, 11) is 0. The van der Waals surface area contributed by atoms with Crippen LogP contribution in [0.15, 0.2) is 93.9 Å². The molecule has 0 aromatic heterocycles. The van der Waals surface area contributed by atoms with E-state index < -0.39 is 5.41 Å². The van der Waals surface area contributed by atoms with Crippen LogP contribution in [0.4, 0.5) is 0 Å². The maximum atomic E-state index is 6.40. The lowest BCUT2D eigenvalue weighted by Gasteiger charge is -2.45. The van der Waals surface area contributed by atoms with E-state index in [1.54, 1.807) is 0 Å². The summed E-state index contributed by atoms with van der Waals surface area (Å²) in [4.78, 5) is 0. The van der Waals surface area contributed by atoms with Crippen molar-refractivity contribution < 1.29 is 9.47 Å². The number of benzene rings is 4. The predicted molar refractivity (Wildman–Crippen MR) is 120 cm³/mol. The van der Waals surface area contributed by atoms with Crippen molar-refractivity contribution in [3.8, 4) is 23.0 Å². The van der Waals surface area contributed by atoms with Gasteiger partial charge < -0.3 is 9.47 Å². The molecule has 0 unspecified atom stereocenters. The van der Waals surface area contributed by atoms with Gasteiger partial charge in [0.2, 0.25) is 0 Å². The third-order valence-electron chi connectivity index (χ3n) is 5.75. The van der Waals surface area contributed by atoms with E-state index in [9.17, 15) is 0 Å². The van der Waals surface area contributed by atoms with Crippen molar-refractivity contribution in [1.29, 1.82) is 0 Å². The quantitative estimate of drug-likeness (QED) is 0.209. The summed E-state index contributed by atoms with van der Waals surface area (Å²) in [5.74, 6) is 3.40. The zero-order valence-corrected chi connectivity index (χ0v) is 18.3. The molecule has 6 rings (SSSR count). The fraction of sp³-hybridized carbons (Fsp3) is 0.0400. The minimum atomic E-state index is -0.540. The van der Waals surface area contributed by atoms with Gasteiger partial charge >= 0.3 is 0 Å². The standard InChI is InChI=1S/C25H14Br2O2/c26-19-11-5-9-17-23(19)28-21-13-3-1-7-15(21)25(17)16-8-2-4-14-22(16)29-24-18(25)10-6-12-20(24)27/h1-14H. The van der Waals surface area contributed by atoms with Gasteiger partial charge in [-0.05, 0) is 56.1 Å². The van der Waals surface area contributed by atoms with Gasteiger partial charge in [0.15, 0.2) is 0 Å². The van der Waals surface area contributed by atoms with Crippen molar-refractivity contribution in [2.24, 2.45) is 0 Å². The molecule has 0 aliphatic carbocycles. The molecule has 0 N–H and O–H groups in total. The van der Waals surface area contributed by atoms with Gasteiger partial charge in [-0.2, -0.15) is 0 Å². The van der Waals surface area contributed by atoms with Crippen molar-refractivity contribution in [3.63, 3.8) is 0 Å². The van der Waals surface area contributed by atoms with E-state index >= 15 is 0 Å². The van der Waals surface area contributed by atoms with E-state index in [1.807, 2.05) is 36.4 Å². The molecule has 4 heteroatoms. The van der Waals surface area contributed by atoms with Crippen LogP contribution in [0, 0.1) is 0 Å². The molecule has 2 nitrogen and oxygen atoms in total. The average Bonchev–Trinajstić information content (AvgIpc) is 2.75. The molecular weight excluding hydrogens is 492 g/mol. The van der Waals surface area contributed by atoms with Crippen LogP contribution in [0.1, 0.15) is 22.3 Å². The SMILES string of the molecule is Brc1cccc2c1Oc1ccccc1C21c2ccccc2Oc2c(Br)cccc21. The number of para-hydroxylation sites is 4. The summed E-state index contributed by atoms with van der Waals surface area (Å²) >= 11 is 7.43. The Labute approximate surface area is 185 Å². The average molecular weight is 506 g/mol. The van der Waals surface area contributed by atoms with Crippen LogP contribution in [0.5, 0.6) is 23.0 Å². The largest absolute Gasteiger partial charge is 0.455 e. The zero-order chi connectivity index (χ0) is 19.6. The molecule has 29 heavy (non-hydrogen) atoms. The molecule has 140 valence electrons. The summed E-state index contributed by atoms with van der Waals surface area (Å²) in [6, 6.07) is 29.1. The summed E-state index contributed by atoms with van der Waals surface area (Å²) in [6.07, 6.45) is 0. The molecule has 0 radical (unpaired) electrons. The Morgan fingerprint density at radius 3 is 1.38 bits per heavy atom. The first-order valence-corrected chi connectivity index (χ1v) is 10.9. The fourth-order valence-corrected chi connectivity index (χ4v) is 5.53. The lowest BCUT2D eigenvalue weighted by atomic mass is 9.62. The summed E-state index contributed by atoms with van der Waals surface area (Å²) in [5.41, 5.74) is 3.88. The molecule has 0 saturated carbocycles. The first-order chi connectivity index (χ1) is 14.2. The minimum absolute atomic E-state index is 0.540. The van der Waals surface area contributed by atoms with Crippen molar-refractivity contribution in [2.75, 3.05) is 0 Å². The number of hydrogen-bond acceptors (Lipinski definition) is 2. The number of rotatable bonds is 0. The number of hydrogen-bond donors (Lipinski definition) is 0. The molecular formula is C25H14Br2O2. The second kappa shape index (κ2) is 6.22. The number of halogens is 2. The van der Waals surface area contributed by atoms with E-state index in [1.165, 1.54) is 0 Å². The van der Waals surface area contributed by atoms with Crippen molar-refractivity contribution in [3.05, 3.63) is 116 Å². The normalized spacial score (nSPS) is 14.7. The van der Waals surface area contributed by atoms with Gasteiger partial charge in [0.25, 0.3) is 0 Å². The van der Waals surface area contributed by atoms with Gasteiger partial charge in [-0.3, -0.25) is 0 Å². The number of ether oxygens (including phenoxy) is 2. The van der Waals surface area contributed by atoms with Crippen LogP contribution in [-0.2, 0) is 5.41 Å². The number of fused-ring (bicyclic) bond motifs is 8. The van der Waals surface area contributed by atoms with Gasteiger partial charge in [0, 0.05) is 22.3 Å². The highest BCUT2D eigenvalue weighted by Gasteiger charge is 2.51. The molecule has 4 aromatic rings. The monoisotopic (exact) mass is 504 g/mol. The second-order valence-electron chi connectivity index (χ2n) is 7.18. The maximum Gasteiger partial charge on any atom is 0.146 e. The molecule has 0 amide bonds. The summed E-state index contributed by atoms with van der Waals surface area (Å²) < 4.78 is 14.7. The van der Waals surface area contributed by atoms with Crippen LogP contribution in [0.25, 0.3) is 0 Å². The lowest BCUT2D eigenvalue weighted by molar-refractivity contribution is 0.396. The van der Waals surface area contributed by atoms with Crippen molar-refractivity contribution in [2.45, 2.75) is 5.41 Å². The maximum absolute atomic E-state index is 6.40. The Bertz CT molecular complexity index is 1190. The van der Waals surface area contributed by atoms with Gasteiger partial charge in [-0.1, -0.05) is 60.7 Å². The topological polar surface area (TPSA) is 18.5 Å². The molecule has 0 fully saturated rings. The molecule has 1 spiro atoms. The van der Waals surface area contributed by atoms with E-state index in [-0.39, 0.29) is 0 Å². The smallest absolute Gasteiger partial charge is 0.146 e. The van der Waals surface area contributed by atoms with Gasteiger partial charge in [-0.25, -0.2) is 0 Å². The van der Waals surface area contributed by atoms with Crippen LogP contribution < -0.4 is 9.47 Å². The molecule has 2 aliphatic heterocycles. The Morgan fingerprint density at radius 2 is 0.897 bits per heavy atom. The van der Waals surface area contributed by atoms with Gasteiger partial charge in [0.05, 0.1) is 14.4 Å². The highest BCUT2D eigenvalue weighted by atomic mass is 79.9. The molecule has 0 bridgehead atoms. The van der Waals surface area contributed by atoms with Crippen molar-refractivity contribution >= 4 is 31.9 Å². The van der Waals surface area contributed by atoms with E-state index in [2.05, 4.69) is 80.4 Å². The van der Waals surface area contributed by atoms with E-state index in [0.717, 1.165) is 54.2 Å². The fourth-order valence-electron chi connectivity index (χ4n) is 4.64. The van der Waals surface area contributed by atoms with Crippen molar-refractivity contribution in [1.82, 2.24) is 0 Å². The van der Waals surface area contributed by atoms with E-state index in [4.69, 9.17) is 9.47 Å². The van der Waals surface area contributed by atoms with Crippen LogP contribution in [0.3, 0.4) is 0 Å². The molecule has 2 heterocycles. The Morgan fingerprint density at radius 1 is 0.483 bits per heavy atom. The molecule has 0 saturated heterocycles. The zero-order valence-electron chi connectivity index (χ0n) is 15.2. The highest BCUT2D eigenvalue weighted by Crippen LogP contribution is 2.62. The summed E-state index contributed by atoms with van der Waals surface area (Å²) in [6.45, 7) is 0.